The Morgan fingerprint density at radius 2 is 1.36 bits per heavy atom. The summed E-state index contributed by atoms with van der Waals surface area (Å²) >= 11 is 0. The molecule has 4 nitrogen and oxygen atoms in total. The molecule has 1 aromatic rings. The molecule has 0 heterocycles. The molecule has 0 radical (unpaired) electrons. The fourth-order valence-electron chi connectivity index (χ4n) is 4.84. The first kappa shape index (κ1) is 30.5. The molecule has 4 heteroatoms. The summed E-state index contributed by atoms with van der Waals surface area (Å²) in [6, 6.07) is 6.84. The lowest BCUT2D eigenvalue weighted by molar-refractivity contribution is 0.0674. The standard InChI is InChI=1S/C32H50O4/c1-24-28(22-29(33)23-30(24)34)16-12-15-27-20-25(13-8-6-10-17-31(2,3)35)19-26(21-27)14-9-7-11-18-32(4,5)36/h12,15-16,19-21,29-30,33-36H,1,6-11,13-14,17-18,22-23H2,2-5H3/b15-12+,28-16?/t29-,30+/m1/s1. The molecule has 0 aromatic heterocycles. The van der Waals surface area contributed by atoms with Gasteiger partial charge in [-0.1, -0.05) is 68.7 Å². The number of benzene rings is 1. The van der Waals surface area contributed by atoms with Gasteiger partial charge in [0.05, 0.1) is 23.4 Å². The van der Waals surface area contributed by atoms with Crippen LogP contribution in [0.1, 0.15) is 109 Å². The minimum absolute atomic E-state index is 0.358. The maximum atomic E-state index is 10.1. The molecule has 202 valence electrons. The van der Waals surface area contributed by atoms with Crippen molar-refractivity contribution in [2.45, 2.75) is 128 Å². The lowest BCUT2D eigenvalue weighted by atomic mass is 9.86. The first-order valence-electron chi connectivity index (χ1n) is 13.8. The number of unbranched alkanes of at least 4 members (excludes halogenated alkanes) is 4. The maximum Gasteiger partial charge on any atom is 0.0811 e. The van der Waals surface area contributed by atoms with Crippen LogP contribution in [0, 0.1) is 0 Å². The molecular formula is C32H50O4. The van der Waals surface area contributed by atoms with Crippen LogP contribution in [0.15, 0.2) is 48.1 Å². The largest absolute Gasteiger partial charge is 0.393 e. The van der Waals surface area contributed by atoms with E-state index in [4.69, 9.17) is 0 Å². The van der Waals surface area contributed by atoms with Crippen molar-refractivity contribution in [2.75, 3.05) is 0 Å². The molecule has 1 fully saturated rings. The molecule has 0 bridgehead atoms. The summed E-state index contributed by atoms with van der Waals surface area (Å²) in [7, 11) is 0. The smallest absolute Gasteiger partial charge is 0.0811 e. The topological polar surface area (TPSA) is 80.9 Å². The van der Waals surface area contributed by atoms with Crippen LogP contribution in [0.2, 0.25) is 0 Å². The summed E-state index contributed by atoms with van der Waals surface area (Å²) in [5, 5.41) is 39.9. The number of hydrogen-bond donors (Lipinski definition) is 4. The van der Waals surface area contributed by atoms with Crippen molar-refractivity contribution in [3.05, 3.63) is 64.8 Å². The molecule has 4 N–H and O–H groups in total. The van der Waals surface area contributed by atoms with Crippen LogP contribution >= 0.6 is 0 Å². The highest BCUT2D eigenvalue weighted by molar-refractivity contribution is 5.55. The van der Waals surface area contributed by atoms with E-state index in [1.807, 2.05) is 39.8 Å². The lowest BCUT2D eigenvalue weighted by Crippen LogP contribution is -2.26. The van der Waals surface area contributed by atoms with E-state index >= 15 is 0 Å². The molecule has 1 saturated carbocycles. The summed E-state index contributed by atoms with van der Waals surface area (Å²) in [5.41, 5.74) is 4.28. The maximum absolute atomic E-state index is 10.1. The monoisotopic (exact) mass is 498 g/mol. The Labute approximate surface area is 219 Å². The first-order valence-corrected chi connectivity index (χ1v) is 13.8. The fraction of sp³-hybridized carbons (Fsp3) is 0.625. The number of aliphatic hydroxyl groups excluding tert-OH is 2. The van der Waals surface area contributed by atoms with Gasteiger partial charge in [0.1, 0.15) is 0 Å². The third-order valence-corrected chi connectivity index (χ3v) is 6.93. The molecule has 0 saturated heterocycles. The zero-order valence-corrected chi connectivity index (χ0v) is 23.1. The van der Waals surface area contributed by atoms with Gasteiger partial charge in [0, 0.05) is 6.42 Å². The number of hydrogen-bond acceptors (Lipinski definition) is 4. The van der Waals surface area contributed by atoms with E-state index < -0.39 is 23.4 Å². The van der Waals surface area contributed by atoms with E-state index in [1.54, 1.807) is 0 Å². The zero-order valence-electron chi connectivity index (χ0n) is 23.1. The summed E-state index contributed by atoms with van der Waals surface area (Å²) in [6.45, 7) is 11.5. The summed E-state index contributed by atoms with van der Waals surface area (Å²) < 4.78 is 0. The van der Waals surface area contributed by atoms with E-state index in [0.29, 0.717) is 18.4 Å². The Morgan fingerprint density at radius 3 is 1.86 bits per heavy atom. The van der Waals surface area contributed by atoms with Crippen molar-refractivity contribution in [1.82, 2.24) is 0 Å². The third-order valence-electron chi connectivity index (χ3n) is 6.93. The SMILES string of the molecule is C=C1C(=C/C=C/c2cc(CCCCCC(C)(C)O)cc(CCCCCC(C)(C)O)c2)C[C@@H](O)C[C@@H]1O. The molecule has 1 aromatic carbocycles. The number of aryl methyl sites for hydroxylation is 2. The summed E-state index contributed by atoms with van der Waals surface area (Å²) in [4.78, 5) is 0. The molecule has 2 atom stereocenters. The molecule has 1 aliphatic carbocycles. The number of aliphatic hydroxyl groups is 4. The highest BCUT2D eigenvalue weighted by Gasteiger charge is 2.24. The minimum atomic E-state index is -0.670. The average molecular weight is 499 g/mol. The average Bonchev–Trinajstić information content (AvgIpc) is 2.75. The van der Waals surface area contributed by atoms with Crippen LogP contribution in [0.3, 0.4) is 0 Å². The van der Waals surface area contributed by atoms with Gasteiger partial charge in [0.15, 0.2) is 0 Å². The van der Waals surface area contributed by atoms with Crippen molar-refractivity contribution >= 4 is 6.08 Å². The van der Waals surface area contributed by atoms with Crippen molar-refractivity contribution in [3.63, 3.8) is 0 Å². The molecule has 0 unspecified atom stereocenters. The van der Waals surface area contributed by atoms with Crippen molar-refractivity contribution < 1.29 is 20.4 Å². The highest BCUT2D eigenvalue weighted by Crippen LogP contribution is 2.28. The normalized spacial score (nSPS) is 20.6. The second-order valence-corrected chi connectivity index (χ2v) is 12.0. The quantitative estimate of drug-likeness (QED) is 0.222. The van der Waals surface area contributed by atoms with Gasteiger partial charge in [-0.25, -0.2) is 0 Å². The van der Waals surface area contributed by atoms with Crippen molar-refractivity contribution in [2.24, 2.45) is 0 Å². The van der Waals surface area contributed by atoms with Gasteiger partial charge >= 0.3 is 0 Å². The Balaban J connectivity index is 2.05. The summed E-state index contributed by atoms with van der Waals surface area (Å²) in [6.07, 6.45) is 16.0. The zero-order chi connectivity index (χ0) is 26.8. The molecule has 0 aliphatic heterocycles. The van der Waals surface area contributed by atoms with Crippen LogP contribution in [-0.2, 0) is 12.8 Å². The third kappa shape index (κ3) is 12.5. The van der Waals surface area contributed by atoms with Gasteiger partial charge in [0.2, 0.25) is 0 Å². The lowest BCUT2D eigenvalue weighted by Gasteiger charge is -2.26. The predicted octanol–water partition coefficient (Wildman–Crippen LogP) is 6.45. The molecular weight excluding hydrogens is 448 g/mol. The molecule has 0 spiro atoms. The Hall–Kier alpha value is -1.72. The Morgan fingerprint density at radius 1 is 0.833 bits per heavy atom. The van der Waals surface area contributed by atoms with Gasteiger partial charge < -0.3 is 20.4 Å². The van der Waals surface area contributed by atoms with Crippen LogP contribution in [-0.4, -0.2) is 43.8 Å². The Kier molecular flexibility index (Phi) is 12.1. The molecule has 2 rings (SSSR count). The number of rotatable bonds is 14. The first-order chi connectivity index (χ1) is 16.8. The van der Waals surface area contributed by atoms with Gasteiger partial charge in [-0.2, -0.15) is 0 Å². The summed E-state index contributed by atoms with van der Waals surface area (Å²) in [5.74, 6) is 0. The van der Waals surface area contributed by atoms with Gasteiger partial charge in [-0.3, -0.25) is 0 Å². The fourth-order valence-corrected chi connectivity index (χ4v) is 4.84. The second kappa shape index (κ2) is 14.3. The van der Waals surface area contributed by atoms with E-state index in [2.05, 4.69) is 30.9 Å². The predicted molar refractivity (Wildman–Crippen MR) is 151 cm³/mol. The number of allylic oxidation sites excluding steroid dienone is 2. The minimum Gasteiger partial charge on any atom is -0.393 e. The Bertz CT molecular complexity index is 840. The van der Waals surface area contributed by atoms with E-state index in [0.717, 1.165) is 75.3 Å². The second-order valence-electron chi connectivity index (χ2n) is 12.0. The van der Waals surface area contributed by atoms with Crippen LogP contribution < -0.4 is 0 Å². The molecule has 0 amide bonds. The van der Waals surface area contributed by atoms with Crippen LogP contribution in [0.4, 0.5) is 0 Å². The van der Waals surface area contributed by atoms with E-state index in [1.165, 1.54) is 11.1 Å². The molecule has 36 heavy (non-hydrogen) atoms. The molecule has 1 aliphatic rings. The van der Waals surface area contributed by atoms with Crippen molar-refractivity contribution in [1.29, 1.82) is 0 Å². The van der Waals surface area contributed by atoms with E-state index in [-0.39, 0.29) is 0 Å². The van der Waals surface area contributed by atoms with Gasteiger partial charge in [0.25, 0.3) is 0 Å². The van der Waals surface area contributed by atoms with Gasteiger partial charge in [-0.15, -0.1) is 0 Å². The highest BCUT2D eigenvalue weighted by atomic mass is 16.3. The van der Waals surface area contributed by atoms with Crippen LogP contribution in [0.5, 0.6) is 0 Å². The van der Waals surface area contributed by atoms with Crippen LogP contribution in [0.25, 0.3) is 6.08 Å². The van der Waals surface area contributed by atoms with Gasteiger partial charge in [-0.05, 0) is 100 Å². The van der Waals surface area contributed by atoms with Crippen molar-refractivity contribution in [3.8, 4) is 0 Å². The van der Waals surface area contributed by atoms with E-state index in [9.17, 15) is 20.4 Å².